The van der Waals surface area contributed by atoms with Crippen LogP contribution in [0.25, 0.3) is 0 Å². The number of amides is 3. The standard InChI is InChI=1S/C32H48N4O3S2.ClH/c37-30(33-27-15-17-35(18-16-27)19-24-9-3-1-4-10-24)28(21-40-20-25-11-5-2-6-12-25)34-31(38)29-22-41-23-36(29)32(39)26-13-7-8-14-26;/h1,3-4,9-10,25-29H,2,5-8,11-23H2,(H,33,37)(H,34,38);1H/t28-,29-;/m0./s1. The van der Waals surface area contributed by atoms with E-state index in [-0.39, 0.29) is 42.1 Å². The van der Waals surface area contributed by atoms with Gasteiger partial charge in [0.25, 0.3) is 0 Å². The number of nitrogens with one attached hydrogen (secondary N) is 2. The van der Waals surface area contributed by atoms with Crippen molar-refractivity contribution in [2.24, 2.45) is 11.8 Å². The molecule has 4 aliphatic rings. The lowest BCUT2D eigenvalue weighted by Crippen LogP contribution is -2.57. The highest BCUT2D eigenvalue weighted by molar-refractivity contribution is 7.99. The molecule has 2 saturated carbocycles. The third kappa shape index (κ3) is 9.54. The number of hydrogen-bond donors (Lipinski definition) is 2. The van der Waals surface area contributed by atoms with E-state index in [1.165, 1.54) is 37.7 Å². The second kappa shape index (κ2) is 17.2. The molecule has 0 unspecified atom stereocenters. The molecule has 0 bridgehead atoms. The molecule has 5 rings (SSSR count). The summed E-state index contributed by atoms with van der Waals surface area (Å²) in [5.74, 6) is 3.46. The van der Waals surface area contributed by atoms with Crippen molar-refractivity contribution < 1.29 is 14.4 Å². The molecule has 42 heavy (non-hydrogen) atoms. The number of halogens is 1. The van der Waals surface area contributed by atoms with Gasteiger partial charge in [0.1, 0.15) is 12.1 Å². The predicted octanol–water partition coefficient (Wildman–Crippen LogP) is 5.08. The summed E-state index contributed by atoms with van der Waals surface area (Å²) in [5.41, 5.74) is 1.32. The van der Waals surface area contributed by atoms with Gasteiger partial charge >= 0.3 is 0 Å². The van der Waals surface area contributed by atoms with Crippen LogP contribution in [-0.2, 0) is 20.9 Å². The van der Waals surface area contributed by atoms with Crippen molar-refractivity contribution in [1.29, 1.82) is 0 Å². The number of benzene rings is 1. The van der Waals surface area contributed by atoms with Gasteiger partial charge in [-0.2, -0.15) is 11.8 Å². The summed E-state index contributed by atoms with van der Waals surface area (Å²) < 4.78 is 0. The second-order valence-electron chi connectivity index (χ2n) is 12.5. The Balaban J connectivity index is 0.00000405. The minimum atomic E-state index is -0.576. The highest BCUT2D eigenvalue weighted by atomic mass is 35.5. The first-order chi connectivity index (χ1) is 20.1. The minimum Gasteiger partial charge on any atom is -0.351 e. The second-order valence-corrected chi connectivity index (χ2v) is 14.5. The highest BCUT2D eigenvalue weighted by Crippen LogP contribution is 2.31. The molecule has 4 fully saturated rings. The van der Waals surface area contributed by atoms with Crippen LogP contribution in [0, 0.1) is 11.8 Å². The predicted molar refractivity (Wildman–Crippen MR) is 176 cm³/mol. The third-order valence-electron chi connectivity index (χ3n) is 9.35. The van der Waals surface area contributed by atoms with Gasteiger partial charge in [0.15, 0.2) is 0 Å². The summed E-state index contributed by atoms with van der Waals surface area (Å²) in [4.78, 5) is 44.6. The lowest BCUT2D eigenvalue weighted by molar-refractivity contribution is -0.141. The molecule has 2 saturated heterocycles. The number of piperidine rings is 1. The first-order valence-corrected chi connectivity index (χ1v) is 18.2. The number of nitrogens with zero attached hydrogens (tertiary/aromatic N) is 2. The molecule has 7 nitrogen and oxygen atoms in total. The van der Waals surface area contributed by atoms with Crippen LogP contribution >= 0.6 is 35.9 Å². The number of carbonyl (C=O) groups is 3. The van der Waals surface area contributed by atoms with Gasteiger partial charge in [0.05, 0.1) is 5.88 Å². The molecule has 1 aromatic rings. The number of hydrogen-bond acceptors (Lipinski definition) is 6. The van der Waals surface area contributed by atoms with Crippen LogP contribution in [0.3, 0.4) is 0 Å². The number of thioether (sulfide) groups is 2. The van der Waals surface area contributed by atoms with E-state index in [4.69, 9.17) is 0 Å². The van der Waals surface area contributed by atoms with Crippen LogP contribution in [0.1, 0.15) is 76.2 Å². The molecule has 2 aliphatic carbocycles. The largest absolute Gasteiger partial charge is 0.351 e. The van der Waals surface area contributed by atoms with Gasteiger partial charge in [-0.1, -0.05) is 62.4 Å². The maximum absolute atomic E-state index is 13.6. The Kier molecular flexibility index (Phi) is 13.7. The maximum atomic E-state index is 13.6. The summed E-state index contributed by atoms with van der Waals surface area (Å²) >= 11 is 3.44. The van der Waals surface area contributed by atoms with Gasteiger partial charge in [-0.05, 0) is 55.8 Å². The normalized spacial score (nSPS) is 23.3. The van der Waals surface area contributed by atoms with Crippen LogP contribution < -0.4 is 10.6 Å². The smallest absolute Gasteiger partial charge is 0.244 e. The fourth-order valence-corrected chi connectivity index (χ4v) is 9.26. The van der Waals surface area contributed by atoms with Crippen molar-refractivity contribution in [1.82, 2.24) is 20.4 Å². The molecule has 2 aliphatic heterocycles. The van der Waals surface area contributed by atoms with Crippen LogP contribution in [-0.4, -0.2) is 81.9 Å². The first-order valence-electron chi connectivity index (χ1n) is 15.9. The van der Waals surface area contributed by atoms with Gasteiger partial charge in [-0.15, -0.1) is 24.2 Å². The zero-order chi connectivity index (χ0) is 28.4. The maximum Gasteiger partial charge on any atom is 0.244 e. The lowest BCUT2D eigenvalue weighted by Gasteiger charge is -2.33. The lowest BCUT2D eigenvalue weighted by atomic mass is 9.91. The molecular formula is C32H49ClN4O3S2. The van der Waals surface area contributed by atoms with Crippen molar-refractivity contribution in [3.05, 3.63) is 35.9 Å². The SMILES string of the molecule is Cl.O=C(NC1CCN(Cc2ccccc2)CC1)[C@H](CSCC1CCCCC1)NC(=O)[C@@H]1CSCN1C(=O)C1CCCC1. The van der Waals surface area contributed by atoms with Gasteiger partial charge in [-0.25, -0.2) is 0 Å². The monoisotopic (exact) mass is 636 g/mol. The molecular weight excluding hydrogens is 588 g/mol. The molecule has 2 heterocycles. The van der Waals surface area contributed by atoms with Crippen LogP contribution in [0.5, 0.6) is 0 Å². The number of likely N-dealkylation sites (tertiary alicyclic amines) is 1. The van der Waals surface area contributed by atoms with Crippen LogP contribution in [0.2, 0.25) is 0 Å². The Hall–Kier alpha value is -1.42. The zero-order valence-corrected chi connectivity index (χ0v) is 27.3. The molecule has 0 aromatic heterocycles. The van der Waals surface area contributed by atoms with Crippen LogP contribution in [0.15, 0.2) is 30.3 Å². The number of rotatable bonds is 11. The summed E-state index contributed by atoms with van der Waals surface area (Å²) in [7, 11) is 0. The zero-order valence-electron chi connectivity index (χ0n) is 24.8. The van der Waals surface area contributed by atoms with E-state index in [2.05, 4.69) is 39.8 Å². The topological polar surface area (TPSA) is 81.8 Å². The fourth-order valence-electron chi connectivity index (χ4n) is 6.82. The van der Waals surface area contributed by atoms with Crippen molar-refractivity contribution >= 4 is 53.7 Å². The van der Waals surface area contributed by atoms with E-state index >= 15 is 0 Å². The van der Waals surface area contributed by atoms with E-state index in [1.807, 2.05) is 6.07 Å². The van der Waals surface area contributed by atoms with Gasteiger partial charge in [-0.3, -0.25) is 19.3 Å². The summed E-state index contributed by atoms with van der Waals surface area (Å²) in [6.07, 6.45) is 12.4. The van der Waals surface area contributed by atoms with E-state index in [0.717, 1.165) is 63.9 Å². The summed E-state index contributed by atoms with van der Waals surface area (Å²) in [6, 6.07) is 9.60. The van der Waals surface area contributed by atoms with Gasteiger partial charge in [0, 0.05) is 43.1 Å². The molecule has 3 amide bonds. The highest BCUT2D eigenvalue weighted by Gasteiger charge is 2.39. The molecule has 1 aromatic carbocycles. The Labute approximate surface area is 266 Å². The van der Waals surface area contributed by atoms with Crippen molar-refractivity contribution in [2.75, 3.05) is 36.2 Å². The molecule has 0 radical (unpaired) electrons. The fraction of sp³-hybridized carbons (Fsp3) is 0.719. The summed E-state index contributed by atoms with van der Waals surface area (Å²) in [5, 5.41) is 6.40. The van der Waals surface area contributed by atoms with E-state index in [9.17, 15) is 14.4 Å². The molecule has 10 heteroatoms. The Bertz CT molecular complexity index is 999. The average molecular weight is 637 g/mol. The molecule has 2 N–H and O–H groups in total. The first kappa shape index (κ1) is 33.5. The van der Waals surface area contributed by atoms with Gasteiger partial charge < -0.3 is 15.5 Å². The van der Waals surface area contributed by atoms with Crippen molar-refractivity contribution in [3.63, 3.8) is 0 Å². The third-order valence-corrected chi connectivity index (χ3v) is 11.6. The van der Waals surface area contributed by atoms with Crippen molar-refractivity contribution in [3.8, 4) is 0 Å². The van der Waals surface area contributed by atoms with Gasteiger partial charge in [0.2, 0.25) is 17.7 Å². The molecule has 0 spiro atoms. The average Bonchev–Trinajstić information content (AvgIpc) is 3.72. The Morgan fingerprint density at radius 3 is 2.33 bits per heavy atom. The minimum absolute atomic E-state index is 0. The van der Waals surface area contributed by atoms with Crippen molar-refractivity contribution in [2.45, 2.75) is 95.3 Å². The quantitative estimate of drug-likeness (QED) is 0.353. The number of carbonyl (C=O) groups excluding carboxylic acids is 3. The summed E-state index contributed by atoms with van der Waals surface area (Å²) in [6.45, 7) is 2.84. The Morgan fingerprint density at radius 2 is 1.62 bits per heavy atom. The van der Waals surface area contributed by atoms with E-state index < -0.39 is 12.1 Å². The molecule has 234 valence electrons. The van der Waals surface area contributed by atoms with Crippen LogP contribution in [0.4, 0.5) is 0 Å². The van der Waals surface area contributed by atoms with E-state index in [0.29, 0.717) is 23.3 Å². The Morgan fingerprint density at radius 1 is 0.929 bits per heavy atom. The molecule has 2 atom stereocenters. The van der Waals surface area contributed by atoms with E-state index in [1.54, 1.807) is 28.4 Å².